The van der Waals surface area contributed by atoms with E-state index in [4.69, 9.17) is 0 Å². The molecule has 5 nitrogen and oxygen atoms in total. The predicted molar refractivity (Wildman–Crippen MR) is 71.6 cm³/mol. The van der Waals surface area contributed by atoms with E-state index < -0.39 is 15.6 Å². The minimum atomic E-state index is -3.48. The first kappa shape index (κ1) is 12.6. The molecule has 1 heterocycles. The summed E-state index contributed by atoms with van der Waals surface area (Å²) in [6.07, 6.45) is 3.48. The fraction of sp³-hybridized carbons (Fsp3) is 0.462. The van der Waals surface area contributed by atoms with Crippen LogP contribution in [-0.4, -0.2) is 31.5 Å². The highest BCUT2D eigenvalue weighted by atomic mass is 32.2. The molecule has 0 aromatic heterocycles. The number of aliphatic imine (C=N–C) groups is 1. The van der Waals surface area contributed by atoms with Crippen molar-refractivity contribution in [2.45, 2.75) is 36.2 Å². The zero-order chi connectivity index (χ0) is 13.5. The normalized spacial score (nSPS) is 25.2. The zero-order valence-corrected chi connectivity index (χ0v) is 11.3. The molecule has 0 spiro atoms. The van der Waals surface area contributed by atoms with E-state index in [1.807, 2.05) is 0 Å². The van der Waals surface area contributed by atoms with Gasteiger partial charge in [0.25, 0.3) is 10.0 Å². The van der Waals surface area contributed by atoms with Crippen molar-refractivity contribution in [2.75, 3.05) is 6.54 Å². The van der Waals surface area contributed by atoms with Crippen molar-refractivity contribution in [3.63, 3.8) is 0 Å². The minimum absolute atomic E-state index is 0.249. The van der Waals surface area contributed by atoms with Crippen LogP contribution in [0.3, 0.4) is 0 Å². The molecule has 0 atom stereocenters. The maximum absolute atomic E-state index is 11.9. The van der Waals surface area contributed by atoms with Crippen LogP contribution in [0.5, 0.6) is 0 Å². The van der Waals surface area contributed by atoms with Crippen LogP contribution in [0.2, 0.25) is 0 Å². The second kappa shape index (κ2) is 4.31. The lowest BCUT2D eigenvalue weighted by Gasteiger charge is -2.19. The number of benzene rings is 1. The Kier molecular flexibility index (Phi) is 2.87. The van der Waals surface area contributed by atoms with Gasteiger partial charge in [-0.15, -0.1) is 0 Å². The molecule has 102 valence electrons. The average Bonchev–Trinajstić information content (AvgIpc) is 2.91. The number of aliphatic hydroxyl groups is 1. The van der Waals surface area contributed by atoms with Gasteiger partial charge in [0, 0.05) is 5.56 Å². The summed E-state index contributed by atoms with van der Waals surface area (Å²) >= 11 is 0. The first-order valence-electron chi connectivity index (χ1n) is 6.39. The third kappa shape index (κ3) is 2.26. The van der Waals surface area contributed by atoms with E-state index in [-0.39, 0.29) is 11.4 Å². The van der Waals surface area contributed by atoms with Gasteiger partial charge in [0.1, 0.15) is 5.84 Å². The maximum atomic E-state index is 11.9. The Hall–Kier alpha value is -1.40. The number of rotatable bonds is 2. The van der Waals surface area contributed by atoms with Gasteiger partial charge in [0.15, 0.2) is 0 Å². The Morgan fingerprint density at radius 2 is 1.95 bits per heavy atom. The van der Waals surface area contributed by atoms with Gasteiger partial charge in [-0.1, -0.05) is 25.0 Å². The molecule has 2 N–H and O–H groups in total. The third-order valence-electron chi connectivity index (χ3n) is 3.73. The van der Waals surface area contributed by atoms with Crippen LogP contribution < -0.4 is 4.72 Å². The molecular formula is C13H16N2O3S. The van der Waals surface area contributed by atoms with Crippen LogP contribution in [0.1, 0.15) is 31.2 Å². The second-order valence-corrected chi connectivity index (χ2v) is 6.85. The van der Waals surface area contributed by atoms with Crippen LogP contribution >= 0.6 is 0 Å². The highest BCUT2D eigenvalue weighted by Gasteiger charge is 2.33. The lowest BCUT2D eigenvalue weighted by Crippen LogP contribution is -2.30. The molecule has 6 heteroatoms. The first-order chi connectivity index (χ1) is 9.00. The molecule has 1 aromatic rings. The number of fused-ring (bicyclic) bond motifs is 1. The van der Waals surface area contributed by atoms with Crippen molar-refractivity contribution in [3.05, 3.63) is 29.8 Å². The largest absolute Gasteiger partial charge is 0.388 e. The first-order valence-corrected chi connectivity index (χ1v) is 7.88. The zero-order valence-electron chi connectivity index (χ0n) is 10.5. The molecular weight excluding hydrogens is 264 g/mol. The standard InChI is InChI=1S/C13H16N2O3S/c16-13(7-3-4-8-13)9-14-12-10-5-1-2-6-11(10)19(17,18)15-12/h1-2,5-6,16H,3-4,7-9H2,(H,14,15). The Morgan fingerprint density at radius 1 is 1.26 bits per heavy atom. The van der Waals surface area contributed by atoms with Gasteiger partial charge >= 0.3 is 0 Å². The summed E-state index contributed by atoms with van der Waals surface area (Å²) in [7, 11) is -3.48. The van der Waals surface area contributed by atoms with Gasteiger partial charge in [0.2, 0.25) is 0 Å². The van der Waals surface area contributed by atoms with E-state index in [0.717, 1.165) is 25.7 Å². The fourth-order valence-electron chi connectivity index (χ4n) is 2.67. The number of hydrogen-bond donors (Lipinski definition) is 2. The Balaban J connectivity index is 1.91. The monoisotopic (exact) mass is 280 g/mol. The topological polar surface area (TPSA) is 78.8 Å². The molecule has 1 aliphatic carbocycles. The van der Waals surface area contributed by atoms with Gasteiger partial charge in [0.05, 0.1) is 17.0 Å². The second-order valence-electron chi connectivity index (χ2n) is 5.20. The van der Waals surface area contributed by atoms with Crippen molar-refractivity contribution in [1.82, 2.24) is 4.72 Å². The highest BCUT2D eigenvalue weighted by Crippen LogP contribution is 2.30. The molecule has 0 unspecified atom stereocenters. The number of nitrogens with one attached hydrogen (secondary N) is 1. The van der Waals surface area contributed by atoms with E-state index in [1.54, 1.807) is 24.3 Å². The average molecular weight is 280 g/mol. The van der Waals surface area contributed by atoms with Gasteiger partial charge in [-0.05, 0) is 25.0 Å². The summed E-state index contributed by atoms with van der Waals surface area (Å²) in [5.41, 5.74) is -0.181. The number of hydrogen-bond acceptors (Lipinski definition) is 4. The van der Waals surface area contributed by atoms with Crippen molar-refractivity contribution >= 4 is 15.9 Å². The van der Waals surface area contributed by atoms with Crippen LogP contribution in [-0.2, 0) is 10.0 Å². The number of sulfonamides is 1. The quantitative estimate of drug-likeness (QED) is 0.849. The van der Waals surface area contributed by atoms with E-state index >= 15 is 0 Å². The molecule has 0 amide bonds. The van der Waals surface area contributed by atoms with Gasteiger partial charge in [-0.2, -0.15) is 0 Å². The van der Waals surface area contributed by atoms with E-state index in [2.05, 4.69) is 9.71 Å². The van der Waals surface area contributed by atoms with E-state index in [0.29, 0.717) is 11.4 Å². The minimum Gasteiger partial charge on any atom is -0.388 e. The van der Waals surface area contributed by atoms with Gasteiger partial charge in [-0.25, -0.2) is 8.42 Å². The van der Waals surface area contributed by atoms with Crippen molar-refractivity contribution in [1.29, 1.82) is 0 Å². The van der Waals surface area contributed by atoms with Crippen molar-refractivity contribution in [3.8, 4) is 0 Å². The van der Waals surface area contributed by atoms with Crippen LogP contribution in [0.15, 0.2) is 34.2 Å². The lowest BCUT2D eigenvalue weighted by atomic mass is 10.0. The molecule has 1 aliphatic heterocycles. The molecule has 0 bridgehead atoms. The molecule has 1 fully saturated rings. The molecule has 0 radical (unpaired) electrons. The Morgan fingerprint density at radius 3 is 2.68 bits per heavy atom. The fourth-order valence-corrected chi connectivity index (χ4v) is 3.92. The smallest absolute Gasteiger partial charge is 0.263 e. The van der Waals surface area contributed by atoms with Crippen molar-refractivity contribution in [2.24, 2.45) is 4.99 Å². The van der Waals surface area contributed by atoms with Crippen LogP contribution in [0, 0.1) is 0 Å². The third-order valence-corrected chi connectivity index (χ3v) is 5.13. The lowest BCUT2D eigenvalue weighted by molar-refractivity contribution is 0.0575. The molecule has 0 saturated heterocycles. The Labute approximate surface area is 112 Å². The number of nitrogens with zero attached hydrogens (tertiary/aromatic N) is 1. The van der Waals surface area contributed by atoms with E-state index in [1.165, 1.54) is 0 Å². The molecule has 1 aromatic carbocycles. The summed E-state index contributed by atoms with van der Waals surface area (Å²) in [4.78, 5) is 4.55. The molecule has 3 rings (SSSR count). The van der Waals surface area contributed by atoms with Crippen LogP contribution in [0.25, 0.3) is 0 Å². The predicted octanol–water partition coefficient (Wildman–Crippen LogP) is 1.03. The van der Waals surface area contributed by atoms with Crippen LogP contribution in [0.4, 0.5) is 0 Å². The summed E-state index contributed by atoms with van der Waals surface area (Å²) in [5, 5.41) is 10.2. The highest BCUT2D eigenvalue weighted by molar-refractivity contribution is 7.90. The van der Waals surface area contributed by atoms with Gasteiger partial charge < -0.3 is 5.11 Å². The summed E-state index contributed by atoms with van der Waals surface area (Å²) in [5.74, 6) is 0.343. The van der Waals surface area contributed by atoms with Gasteiger partial charge in [-0.3, -0.25) is 9.71 Å². The molecule has 19 heavy (non-hydrogen) atoms. The molecule has 1 saturated carbocycles. The SMILES string of the molecule is O=S1(=O)NC(=NCC2(O)CCCC2)c2ccccc21. The Bertz CT molecular complexity index is 631. The summed E-state index contributed by atoms with van der Waals surface area (Å²) < 4.78 is 26.2. The summed E-state index contributed by atoms with van der Waals surface area (Å²) in [6.45, 7) is 0.249. The summed E-state index contributed by atoms with van der Waals surface area (Å²) in [6, 6.07) is 6.75. The maximum Gasteiger partial charge on any atom is 0.263 e. The number of amidine groups is 1. The van der Waals surface area contributed by atoms with E-state index in [9.17, 15) is 13.5 Å². The molecule has 2 aliphatic rings. The van der Waals surface area contributed by atoms with Crippen molar-refractivity contribution < 1.29 is 13.5 Å².